The maximum atomic E-state index is 12.5. The Kier molecular flexibility index (Phi) is 4.02. The SMILES string of the molecule is CC1CC(C)CN(C(=O)N2CC(C)C(C(=O)O)C2)C1. The summed E-state index contributed by atoms with van der Waals surface area (Å²) in [4.78, 5) is 27.2. The molecule has 1 N–H and O–H groups in total. The Bertz CT molecular complexity index is 362. The molecule has 2 fully saturated rings. The fraction of sp³-hybridized carbons (Fsp3) is 0.857. The van der Waals surface area contributed by atoms with E-state index in [0.717, 1.165) is 19.5 Å². The first-order valence-corrected chi connectivity index (χ1v) is 7.15. The molecule has 5 nitrogen and oxygen atoms in total. The van der Waals surface area contributed by atoms with Crippen molar-refractivity contribution in [1.29, 1.82) is 0 Å². The van der Waals surface area contributed by atoms with Crippen LogP contribution in [0.25, 0.3) is 0 Å². The van der Waals surface area contributed by atoms with Crippen molar-refractivity contribution in [3.8, 4) is 0 Å². The van der Waals surface area contributed by atoms with Crippen LogP contribution in [0.2, 0.25) is 0 Å². The highest BCUT2D eigenvalue weighted by Gasteiger charge is 2.39. The molecule has 2 heterocycles. The highest BCUT2D eigenvalue weighted by molar-refractivity contribution is 5.78. The van der Waals surface area contributed by atoms with Crippen LogP contribution in [0.15, 0.2) is 0 Å². The highest BCUT2D eigenvalue weighted by atomic mass is 16.4. The molecule has 0 spiro atoms. The molecule has 5 heteroatoms. The van der Waals surface area contributed by atoms with Crippen LogP contribution in [0.1, 0.15) is 27.2 Å². The van der Waals surface area contributed by atoms with Gasteiger partial charge in [-0.2, -0.15) is 0 Å². The lowest BCUT2D eigenvalue weighted by molar-refractivity contribution is -0.142. The lowest BCUT2D eigenvalue weighted by Gasteiger charge is -2.37. The highest BCUT2D eigenvalue weighted by Crippen LogP contribution is 2.27. The largest absolute Gasteiger partial charge is 0.481 e. The molecule has 0 aromatic rings. The zero-order chi connectivity index (χ0) is 14.2. The van der Waals surface area contributed by atoms with Gasteiger partial charge in [-0.3, -0.25) is 4.79 Å². The Morgan fingerprint density at radius 3 is 1.95 bits per heavy atom. The number of hydrogen-bond acceptors (Lipinski definition) is 2. The van der Waals surface area contributed by atoms with E-state index in [2.05, 4.69) is 13.8 Å². The number of urea groups is 1. The summed E-state index contributed by atoms with van der Waals surface area (Å²) in [7, 11) is 0. The minimum absolute atomic E-state index is 0.0222. The number of carbonyl (C=O) groups is 2. The quantitative estimate of drug-likeness (QED) is 0.788. The van der Waals surface area contributed by atoms with E-state index in [0.29, 0.717) is 24.9 Å². The number of rotatable bonds is 1. The van der Waals surface area contributed by atoms with Gasteiger partial charge in [0.25, 0.3) is 0 Å². The lowest BCUT2D eigenvalue weighted by Crippen LogP contribution is -2.48. The van der Waals surface area contributed by atoms with Crippen molar-refractivity contribution in [3.63, 3.8) is 0 Å². The predicted octanol–water partition coefficient (Wildman–Crippen LogP) is 1.74. The van der Waals surface area contributed by atoms with Gasteiger partial charge in [-0.15, -0.1) is 0 Å². The predicted molar refractivity (Wildman–Crippen MR) is 71.8 cm³/mol. The van der Waals surface area contributed by atoms with Crippen LogP contribution in [0.5, 0.6) is 0 Å². The van der Waals surface area contributed by atoms with Crippen molar-refractivity contribution in [1.82, 2.24) is 9.80 Å². The number of likely N-dealkylation sites (tertiary alicyclic amines) is 2. The fourth-order valence-electron chi connectivity index (χ4n) is 3.46. The van der Waals surface area contributed by atoms with Crippen LogP contribution in [0.4, 0.5) is 4.79 Å². The van der Waals surface area contributed by atoms with Crippen molar-refractivity contribution < 1.29 is 14.7 Å². The zero-order valence-electron chi connectivity index (χ0n) is 12.0. The molecule has 2 aliphatic heterocycles. The van der Waals surface area contributed by atoms with Gasteiger partial charge < -0.3 is 14.9 Å². The van der Waals surface area contributed by atoms with E-state index < -0.39 is 11.9 Å². The van der Waals surface area contributed by atoms with Gasteiger partial charge in [0.2, 0.25) is 0 Å². The first-order valence-electron chi connectivity index (χ1n) is 7.15. The molecule has 2 aliphatic rings. The number of carboxylic acid groups (broad SMARTS) is 1. The molecule has 2 amide bonds. The minimum Gasteiger partial charge on any atom is -0.481 e. The molecule has 0 radical (unpaired) electrons. The van der Waals surface area contributed by atoms with Crippen molar-refractivity contribution in [2.24, 2.45) is 23.7 Å². The minimum atomic E-state index is -0.789. The van der Waals surface area contributed by atoms with Gasteiger partial charge in [-0.1, -0.05) is 20.8 Å². The zero-order valence-corrected chi connectivity index (χ0v) is 12.0. The second kappa shape index (κ2) is 5.39. The van der Waals surface area contributed by atoms with Gasteiger partial charge in [0.05, 0.1) is 5.92 Å². The standard InChI is InChI=1S/C14H24N2O3/c1-9-4-10(2)6-15(5-9)14(19)16-7-11(3)12(8-16)13(17)18/h9-12H,4-8H2,1-3H3,(H,17,18). The first kappa shape index (κ1) is 14.2. The molecular formula is C14H24N2O3. The molecule has 4 unspecified atom stereocenters. The maximum Gasteiger partial charge on any atom is 0.320 e. The summed E-state index contributed by atoms with van der Waals surface area (Å²) < 4.78 is 0. The number of nitrogens with zero attached hydrogens (tertiary/aromatic N) is 2. The Hall–Kier alpha value is -1.26. The molecule has 2 rings (SSSR count). The van der Waals surface area contributed by atoms with E-state index in [4.69, 9.17) is 5.11 Å². The van der Waals surface area contributed by atoms with E-state index in [1.54, 1.807) is 4.90 Å². The lowest BCUT2D eigenvalue weighted by atomic mass is 9.92. The molecule has 4 atom stereocenters. The molecule has 0 aromatic carbocycles. The van der Waals surface area contributed by atoms with Crippen LogP contribution < -0.4 is 0 Å². The Morgan fingerprint density at radius 2 is 1.47 bits per heavy atom. The second-order valence-corrected chi connectivity index (χ2v) is 6.46. The van der Waals surface area contributed by atoms with E-state index in [-0.39, 0.29) is 11.9 Å². The first-order chi connectivity index (χ1) is 8.88. The van der Waals surface area contributed by atoms with Crippen molar-refractivity contribution in [2.75, 3.05) is 26.2 Å². The maximum absolute atomic E-state index is 12.5. The summed E-state index contributed by atoms with van der Waals surface area (Å²) in [5.74, 6) is -0.0983. The number of carboxylic acids is 1. The number of amides is 2. The summed E-state index contributed by atoms with van der Waals surface area (Å²) in [5, 5.41) is 9.13. The smallest absolute Gasteiger partial charge is 0.320 e. The van der Waals surface area contributed by atoms with E-state index in [1.165, 1.54) is 0 Å². The summed E-state index contributed by atoms with van der Waals surface area (Å²) in [6.45, 7) is 8.76. The average molecular weight is 268 g/mol. The third-order valence-electron chi connectivity index (χ3n) is 4.34. The van der Waals surface area contributed by atoms with Crippen LogP contribution in [-0.4, -0.2) is 53.1 Å². The summed E-state index contributed by atoms with van der Waals surface area (Å²) in [6, 6.07) is 0.0222. The summed E-state index contributed by atoms with van der Waals surface area (Å²) in [6.07, 6.45) is 1.16. The van der Waals surface area contributed by atoms with E-state index >= 15 is 0 Å². The van der Waals surface area contributed by atoms with Crippen LogP contribution in [0.3, 0.4) is 0 Å². The molecule has 0 aromatic heterocycles. The Morgan fingerprint density at radius 1 is 0.947 bits per heavy atom. The monoisotopic (exact) mass is 268 g/mol. The van der Waals surface area contributed by atoms with Crippen LogP contribution in [-0.2, 0) is 4.79 Å². The van der Waals surface area contributed by atoms with Gasteiger partial charge >= 0.3 is 12.0 Å². The fourth-order valence-corrected chi connectivity index (χ4v) is 3.46. The molecule has 2 saturated heterocycles. The number of piperidine rings is 1. The number of aliphatic carboxylic acids is 1. The number of carbonyl (C=O) groups excluding carboxylic acids is 1. The average Bonchev–Trinajstić information content (AvgIpc) is 2.69. The third-order valence-corrected chi connectivity index (χ3v) is 4.34. The molecule has 0 saturated carbocycles. The summed E-state index contributed by atoms with van der Waals surface area (Å²) in [5.41, 5.74) is 0. The molecule has 108 valence electrons. The Balaban J connectivity index is 1.99. The van der Waals surface area contributed by atoms with Gasteiger partial charge in [0.15, 0.2) is 0 Å². The molecular weight excluding hydrogens is 244 g/mol. The topological polar surface area (TPSA) is 60.9 Å². The molecule has 0 aliphatic carbocycles. The van der Waals surface area contributed by atoms with Gasteiger partial charge in [0, 0.05) is 26.2 Å². The molecule has 19 heavy (non-hydrogen) atoms. The van der Waals surface area contributed by atoms with E-state index in [9.17, 15) is 9.59 Å². The van der Waals surface area contributed by atoms with Crippen molar-refractivity contribution >= 4 is 12.0 Å². The number of hydrogen-bond donors (Lipinski definition) is 1. The van der Waals surface area contributed by atoms with Crippen LogP contribution >= 0.6 is 0 Å². The normalized spacial score (nSPS) is 35.5. The van der Waals surface area contributed by atoms with Crippen molar-refractivity contribution in [3.05, 3.63) is 0 Å². The van der Waals surface area contributed by atoms with E-state index in [1.807, 2.05) is 11.8 Å². The molecule has 0 bridgehead atoms. The van der Waals surface area contributed by atoms with Gasteiger partial charge in [0.1, 0.15) is 0 Å². The second-order valence-electron chi connectivity index (χ2n) is 6.46. The van der Waals surface area contributed by atoms with Gasteiger partial charge in [-0.25, -0.2) is 4.79 Å². The van der Waals surface area contributed by atoms with Crippen molar-refractivity contribution in [2.45, 2.75) is 27.2 Å². The third kappa shape index (κ3) is 3.01. The Labute approximate surface area is 114 Å². The summed E-state index contributed by atoms with van der Waals surface area (Å²) >= 11 is 0. The van der Waals surface area contributed by atoms with Gasteiger partial charge in [-0.05, 0) is 24.2 Å². The van der Waals surface area contributed by atoms with Crippen LogP contribution in [0, 0.1) is 23.7 Å².